The fourth-order valence-electron chi connectivity index (χ4n) is 8.71. The molecule has 220 valence electrons. The van der Waals surface area contributed by atoms with Crippen molar-refractivity contribution in [2.24, 2.45) is 11.8 Å². The smallest absolute Gasteiger partial charge is 0.205 e. The van der Waals surface area contributed by atoms with Crippen LogP contribution in [0.2, 0.25) is 0 Å². The third kappa shape index (κ3) is 3.56. The highest BCUT2D eigenvalue weighted by atomic mass is 16.5. The summed E-state index contributed by atoms with van der Waals surface area (Å²) in [5, 5.41) is 5.88. The first kappa shape index (κ1) is 25.5. The summed E-state index contributed by atoms with van der Waals surface area (Å²) < 4.78 is 20.0. The third-order valence-corrected chi connectivity index (χ3v) is 10.6. The number of benzene rings is 3. The molecule has 6 atom stereocenters. The van der Waals surface area contributed by atoms with Crippen molar-refractivity contribution in [3.05, 3.63) is 144 Å². The van der Waals surface area contributed by atoms with Crippen LogP contribution >= 0.6 is 0 Å². The first-order valence-electron chi connectivity index (χ1n) is 16.0. The van der Waals surface area contributed by atoms with Gasteiger partial charge in [0.25, 0.3) is 0 Å². The van der Waals surface area contributed by atoms with Crippen molar-refractivity contribution in [2.45, 2.75) is 30.1 Å². The number of rotatable bonds is 2. The summed E-state index contributed by atoms with van der Waals surface area (Å²) in [6.45, 7) is 0.898. The van der Waals surface area contributed by atoms with E-state index in [1.165, 1.54) is 16.7 Å². The Labute approximate surface area is 261 Å². The number of aromatic nitrogens is 1. The second-order valence-corrected chi connectivity index (χ2v) is 12.8. The Bertz CT molecular complexity index is 2160. The zero-order valence-electron chi connectivity index (χ0n) is 24.7. The summed E-state index contributed by atoms with van der Waals surface area (Å²) in [6, 6.07) is 24.1. The molecule has 3 aliphatic heterocycles. The molecule has 3 aromatic carbocycles. The number of aromatic amines is 1. The number of furan rings is 1. The minimum absolute atomic E-state index is 0.0558. The van der Waals surface area contributed by atoms with Gasteiger partial charge < -0.3 is 24.2 Å². The number of allylic oxidation sites excluding steroid dienone is 2. The molecule has 5 nitrogen and oxygen atoms in total. The summed E-state index contributed by atoms with van der Waals surface area (Å²) in [6.07, 6.45) is 23.4. The van der Waals surface area contributed by atoms with Crippen LogP contribution in [-0.4, -0.2) is 29.8 Å². The van der Waals surface area contributed by atoms with Gasteiger partial charge in [0, 0.05) is 57.9 Å². The number of hydrogen-bond donors (Lipinski definition) is 2. The van der Waals surface area contributed by atoms with E-state index in [9.17, 15) is 0 Å². The van der Waals surface area contributed by atoms with Crippen molar-refractivity contribution in [3.8, 4) is 22.6 Å². The van der Waals surface area contributed by atoms with Crippen molar-refractivity contribution < 1.29 is 13.9 Å². The lowest BCUT2D eigenvalue weighted by atomic mass is 9.52. The van der Waals surface area contributed by atoms with E-state index in [2.05, 4.69) is 126 Å². The average Bonchev–Trinajstić information content (AvgIpc) is 3.70. The van der Waals surface area contributed by atoms with E-state index in [4.69, 9.17) is 13.9 Å². The maximum Gasteiger partial charge on any atom is 0.205 e. The van der Waals surface area contributed by atoms with E-state index < -0.39 is 0 Å². The average molecular weight is 589 g/mol. The van der Waals surface area contributed by atoms with E-state index in [-0.39, 0.29) is 29.5 Å². The monoisotopic (exact) mass is 588 g/mol. The van der Waals surface area contributed by atoms with Gasteiger partial charge in [-0.1, -0.05) is 97.1 Å². The molecule has 1 saturated heterocycles. The Kier molecular flexibility index (Phi) is 5.42. The fourth-order valence-corrected chi connectivity index (χ4v) is 8.71. The number of ether oxygens (including phenoxy) is 2. The first-order valence-corrected chi connectivity index (χ1v) is 16.0. The van der Waals surface area contributed by atoms with E-state index in [0.29, 0.717) is 6.04 Å². The van der Waals surface area contributed by atoms with E-state index >= 15 is 0 Å². The first-order chi connectivity index (χ1) is 22.3. The van der Waals surface area contributed by atoms with Gasteiger partial charge in [-0.15, -0.1) is 0 Å². The molecule has 5 heteroatoms. The van der Waals surface area contributed by atoms with Gasteiger partial charge in [-0.25, -0.2) is 0 Å². The van der Waals surface area contributed by atoms with Crippen LogP contribution < -0.4 is 10.1 Å². The highest BCUT2D eigenvalue weighted by molar-refractivity contribution is 6.11. The zero-order valence-corrected chi connectivity index (χ0v) is 24.7. The normalized spacial score (nSPS) is 29.2. The lowest BCUT2D eigenvalue weighted by Gasteiger charge is -2.57. The quantitative estimate of drug-likeness (QED) is 0.203. The molecule has 0 amide bonds. The van der Waals surface area contributed by atoms with Crippen molar-refractivity contribution >= 4 is 22.1 Å². The van der Waals surface area contributed by atoms with Crippen molar-refractivity contribution in [1.82, 2.24) is 10.3 Å². The highest BCUT2D eigenvalue weighted by Gasteiger charge is 2.59. The lowest BCUT2D eigenvalue weighted by Crippen LogP contribution is -2.58. The maximum absolute atomic E-state index is 6.97. The number of fused-ring (bicyclic) bond motifs is 11. The van der Waals surface area contributed by atoms with Crippen molar-refractivity contribution in [3.63, 3.8) is 0 Å². The number of nitrogens with one attached hydrogen (secondary N) is 2. The molecular weight excluding hydrogens is 556 g/mol. The lowest BCUT2D eigenvalue weighted by molar-refractivity contribution is -0.0843. The van der Waals surface area contributed by atoms with Crippen LogP contribution in [0.5, 0.6) is 11.5 Å². The molecule has 2 aliphatic carbocycles. The molecule has 5 aromatic rings. The molecule has 1 fully saturated rings. The van der Waals surface area contributed by atoms with Gasteiger partial charge >= 0.3 is 0 Å². The summed E-state index contributed by atoms with van der Waals surface area (Å²) in [7, 11) is 0. The Morgan fingerprint density at radius 1 is 0.800 bits per heavy atom. The number of para-hydroxylation sites is 1. The van der Waals surface area contributed by atoms with Crippen LogP contribution in [0, 0.1) is 11.8 Å². The van der Waals surface area contributed by atoms with Gasteiger partial charge in [-0.3, -0.25) is 0 Å². The highest BCUT2D eigenvalue weighted by Crippen LogP contribution is 2.62. The molecule has 10 rings (SSSR count). The predicted molar refractivity (Wildman–Crippen MR) is 177 cm³/mol. The van der Waals surface area contributed by atoms with Crippen LogP contribution in [-0.2, 0) is 10.2 Å². The van der Waals surface area contributed by atoms with Crippen LogP contribution in [0.3, 0.4) is 0 Å². The molecular formula is C40H32N2O3. The predicted octanol–water partition coefficient (Wildman–Crippen LogP) is 8.51. The van der Waals surface area contributed by atoms with E-state index in [1.54, 1.807) is 0 Å². The molecule has 5 heterocycles. The SMILES string of the molecule is C1=CC2OC3C=C(C4CC=CCN4)C=CC3C3(c4ccccc4Oc4cc(-c5cccc6oc7[nH]ccc7c56)ccc43)C2C=C1. The standard InChI is InChI=1S/C40H32N2O3/c1-3-12-33-28(9-1)40(29-10-2-4-13-34(29)44-37-23-25(16-18-31(37)40)32-11-5-6-20-41-32)30-17-15-24(22-36(30)43-33)26-8-7-14-35-38(26)27-19-21-42-39(27)45-35/h1-10,12-19,21-23,29,31-32,34,37,41-42H,11,20H2. The Morgan fingerprint density at radius 2 is 1.71 bits per heavy atom. The van der Waals surface area contributed by atoms with Crippen LogP contribution in [0.1, 0.15) is 17.5 Å². The zero-order chi connectivity index (χ0) is 29.5. The van der Waals surface area contributed by atoms with Gasteiger partial charge in [0.05, 0.1) is 12.2 Å². The molecule has 0 saturated carbocycles. The largest absolute Gasteiger partial charge is 0.457 e. The maximum atomic E-state index is 6.97. The van der Waals surface area contributed by atoms with E-state index in [0.717, 1.165) is 57.7 Å². The number of hydrogen-bond acceptors (Lipinski definition) is 4. The minimum atomic E-state index is -0.383. The molecule has 45 heavy (non-hydrogen) atoms. The van der Waals surface area contributed by atoms with Crippen LogP contribution in [0.4, 0.5) is 0 Å². The summed E-state index contributed by atoms with van der Waals surface area (Å²) in [5.74, 6) is 2.01. The second kappa shape index (κ2) is 9.58. The van der Waals surface area contributed by atoms with Gasteiger partial charge in [0.1, 0.15) is 17.1 Å². The molecule has 2 N–H and O–H groups in total. The number of H-pyrrole nitrogens is 1. The van der Waals surface area contributed by atoms with Gasteiger partial charge in [-0.2, -0.15) is 0 Å². The molecule has 2 aromatic heterocycles. The Hall–Kier alpha value is -4.84. The second-order valence-electron chi connectivity index (χ2n) is 12.8. The van der Waals surface area contributed by atoms with Crippen molar-refractivity contribution in [1.29, 1.82) is 0 Å². The summed E-state index contributed by atoms with van der Waals surface area (Å²) in [4.78, 5) is 3.23. The molecule has 0 radical (unpaired) electrons. The third-order valence-electron chi connectivity index (χ3n) is 10.6. The molecule has 1 spiro atoms. The minimum Gasteiger partial charge on any atom is -0.457 e. The Morgan fingerprint density at radius 3 is 2.67 bits per heavy atom. The summed E-state index contributed by atoms with van der Waals surface area (Å²) in [5.41, 5.74) is 7.28. The molecule has 5 aliphatic rings. The van der Waals surface area contributed by atoms with Crippen LogP contribution in [0.15, 0.2) is 138 Å². The Balaban J connectivity index is 1.18. The van der Waals surface area contributed by atoms with E-state index in [1.807, 2.05) is 12.3 Å². The molecule has 0 bridgehead atoms. The van der Waals surface area contributed by atoms with Crippen molar-refractivity contribution in [2.75, 3.05) is 6.54 Å². The topological polar surface area (TPSA) is 59.4 Å². The van der Waals surface area contributed by atoms with Gasteiger partial charge in [0.2, 0.25) is 5.71 Å². The summed E-state index contributed by atoms with van der Waals surface area (Å²) >= 11 is 0. The van der Waals surface area contributed by atoms with Gasteiger partial charge in [-0.05, 0) is 47.4 Å². The fraction of sp³-hybridized carbons (Fsp3) is 0.200. The van der Waals surface area contributed by atoms with Gasteiger partial charge in [0.15, 0.2) is 0 Å². The van der Waals surface area contributed by atoms with Crippen LogP contribution in [0.25, 0.3) is 33.2 Å². The molecule has 6 unspecified atom stereocenters.